The minimum Gasteiger partial charge on any atom is -1.00 e. The van der Waals surface area contributed by atoms with Crippen molar-refractivity contribution >= 4 is 15.6 Å². The molecule has 0 atom stereocenters. The van der Waals surface area contributed by atoms with Crippen molar-refractivity contribution in [2.45, 2.75) is 0 Å². The van der Waals surface area contributed by atoms with Crippen LogP contribution >= 0.6 is 15.6 Å². The molecule has 0 saturated carbocycles. The van der Waals surface area contributed by atoms with Gasteiger partial charge in [-0.05, 0) is 0 Å². The summed E-state index contributed by atoms with van der Waals surface area (Å²) in [7, 11) is -10.8. The van der Waals surface area contributed by atoms with Gasteiger partial charge in [0, 0.05) is 0 Å². The summed E-state index contributed by atoms with van der Waals surface area (Å²) >= 11 is 0. The second-order valence-corrected chi connectivity index (χ2v) is 2.68. The maximum Gasteiger partial charge on any atom is 2.00 e. The first-order valence-corrected chi connectivity index (χ1v) is 4.38. The Morgan fingerprint density at radius 1 is 0.258 bits per heavy atom. The summed E-state index contributed by atoms with van der Waals surface area (Å²) in [5.74, 6) is 0. The molecule has 205 valence electrons. The molecule has 0 aliphatic heterocycles. The van der Waals surface area contributed by atoms with Crippen LogP contribution in [-0.2, 0) is 163 Å². The van der Waals surface area contributed by atoms with Crippen molar-refractivity contribution in [3.63, 3.8) is 0 Å². The van der Waals surface area contributed by atoms with E-state index in [0.717, 1.165) is 0 Å². The Kier molecular flexibility index (Phi) is 1300. The van der Waals surface area contributed by atoms with Crippen LogP contribution in [-0.4, -0.2) is 0 Å². The van der Waals surface area contributed by atoms with Gasteiger partial charge in [0.05, 0.1) is 0 Å². The molecule has 0 amide bonds. The topological polar surface area (TPSA) is 172 Å². The van der Waals surface area contributed by atoms with E-state index in [0.29, 0.717) is 0 Å². The summed E-state index contributed by atoms with van der Waals surface area (Å²) in [4.78, 5) is 51.3. The van der Waals surface area contributed by atoms with E-state index in [1.807, 2.05) is 0 Å². The summed E-state index contributed by atoms with van der Waals surface area (Å²) in [6, 6.07) is 0. The van der Waals surface area contributed by atoms with Gasteiger partial charge in [-0.15, -0.1) is 0 Å². The van der Waals surface area contributed by atoms with Crippen molar-refractivity contribution in [3.05, 3.63) is 0 Å². The van der Waals surface area contributed by atoms with Crippen molar-refractivity contribution in [2.75, 3.05) is 0 Å². The van der Waals surface area contributed by atoms with Crippen LogP contribution in [0.25, 0.3) is 0 Å². The third-order valence-corrected chi connectivity index (χ3v) is 0. The van der Waals surface area contributed by atoms with Crippen LogP contribution in [0.5, 0.6) is 0 Å². The molecule has 31 heteroatoms. The first-order chi connectivity index (χ1) is 4.00. The second kappa shape index (κ2) is 144. The smallest absolute Gasteiger partial charge is 1.00 e. The Hall–Kier alpha value is 4.06. The van der Waals surface area contributed by atoms with Crippen LogP contribution in [0.15, 0.2) is 0 Å². The van der Waals surface area contributed by atoms with E-state index < -0.39 is 15.6 Å². The number of halogens is 12. The molecule has 0 N–H and O–H groups in total. The summed E-state index contributed by atoms with van der Waals surface area (Å²) < 4.78 is 17.1. The summed E-state index contributed by atoms with van der Waals surface area (Å²) in [5, 5.41) is 0. The standard InChI is InChI=1S/12FH.9Mn.2H3O4P/c;;;;;;;;;;;;;;;;;;;;;2*1-5(2,3)4/h12*1H;;;;;;;;;;2*(H3,1,2,3,4)/q;;;;;;;;;;;;9*+2;;/p-18. The third-order valence-electron chi connectivity index (χ3n) is 0. The molecule has 0 fully saturated rings. The van der Waals surface area contributed by atoms with Gasteiger partial charge in [-0.2, -0.15) is 15.6 Å². The molecule has 9 radical (unpaired) electrons. The van der Waals surface area contributed by atoms with Gasteiger partial charge < -0.3 is 94.9 Å². The molecule has 0 aliphatic rings. The number of hydrogen-bond acceptors (Lipinski definition) is 8. The van der Waals surface area contributed by atoms with E-state index >= 15 is 0 Å². The second-order valence-electron chi connectivity index (χ2n) is 0.894. The Balaban J connectivity index is -0.00000000117. The molecule has 0 heterocycles. The zero-order chi connectivity index (χ0) is 9.00. The maximum absolute atomic E-state index is 8.55. The SMILES string of the molecule is O=P([O-])([O-])[O-].O=P([O-])([O-])[O-].[F-].[F-].[F-].[F-].[F-].[F-].[F-].[F-].[F-].[F-].[F-].[F-].[Mn+2].[Mn+2].[Mn+2].[Mn+2].[Mn+2].[Mn+2].[Mn+2].[Mn+2].[Mn+2]. The van der Waals surface area contributed by atoms with Crippen molar-refractivity contribution in [1.82, 2.24) is 0 Å². The fraction of sp³-hybridized carbons (Fsp3) is 0. The Bertz CT molecular complexity index is 168. The third kappa shape index (κ3) is 2130. The van der Waals surface area contributed by atoms with E-state index in [4.69, 9.17) is 38.5 Å². The first-order valence-electron chi connectivity index (χ1n) is 1.46. The van der Waals surface area contributed by atoms with Crippen LogP contribution in [0.2, 0.25) is 0 Å². The van der Waals surface area contributed by atoms with Crippen LogP contribution in [0.3, 0.4) is 0 Å². The van der Waals surface area contributed by atoms with E-state index in [1.54, 1.807) is 0 Å². The van der Waals surface area contributed by atoms with Gasteiger partial charge in [-0.3, -0.25) is 0 Å². The maximum atomic E-state index is 8.55. The fourth-order valence-electron chi connectivity index (χ4n) is 0. The minimum absolute atomic E-state index is 0. The zero-order valence-electron chi connectivity index (χ0n) is 12.1. The Morgan fingerprint density at radius 2 is 0.258 bits per heavy atom. The number of hydrogen-bond donors (Lipinski definition) is 0. The molecule has 8 nitrogen and oxygen atoms in total. The molecular weight excluding hydrogens is 912 g/mol. The molecule has 0 rings (SSSR count). The van der Waals surface area contributed by atoms with Crippen LogP contribution in [0, 0.1) is 0 Å². The van der Waals surface area contributed by atoms with Gasteiger partial charge in [0.2, 0.25) is 0 Å². The van der Waals surface area contributed by atoms with Crippen LogP contribution in [0.4, 0.5) is 0 Å². The predicted octanol–water partition coefficient (Wildman–Crippen LogP) is -41.6. The quantitative estimate of drug-likeness (QED) is 0.131. The molecule has 0 bridgehead atoms. The van der Waals surface area contributed by atoms with Gasteiger partial charge in [-0.25, -0.2) is 0 Å². The molecule has 31 heavy (non-hydrogen) atoms. The first kappa shape index (κ1) is 280. The minimum atomic E-state index is -5.39. The van der Waals surface area contributed by atoms with Crippen molar-refractivity contribution in [1.29, 1.82) is 0 Å². The average Bonchev–Trinajstić information content (AvgIpc) is 1.12. The number of phosphoric acid groups is 2. The van der Waals surface area contributed by atoms with Gasteiger partial charge in [0.25, 0.3) is 0 Å². The van der Waals surface area contributed by atoms with Crippen LogP contribution in [0.1, 0.15) is 0 Å². The molecule has 0 saturated heterocycles. The van der Waals surface area contributed by atoms with Gasteiger partial charge in [0.15, 0.2) is 0 Å². The Morgan fingerprint density at radius 3 is 0.258 bits per heavy atom. The van der Waals surface area contributed by atoms with E-state index in [-0.39, 0.29) is 210 Å². The average molecular weight is 912 g/mol. The van der Waals surface area contributed by atoms with Crippen LogP contribution < -0.4 is 85.8 Å². The molecule has 0 unspecified atom stereocenters. The largest absolute Gasteiger partial charge is 2.00 e. The zero-order valence-corrected chi connectivity index (χ0v) is 24.5. The number of rotatable bonds is 0. The molecule has 0 aliphatic carbocycles. The molecule has 0 aromatic rings. The van der Waals surface area contributed by atoms with Crippen molar-refractivity contribution in [3.8, 4) is 0 Å². The molecule has 0 spiro atoms. The van der Waals surface area contributed by atoms with Crippen molar-refractivity contribution in [2.24, 2.45) is 0 Å². The Labute approximate surface area is 261 Å². The molecule has 0 aromatic heterocycles. The monoisotopic (exact) mass is 912 g/mol. The van der Waals surface area contributed by atoms with E-state index in [9.17, 15) is 0 Å². The van der Waals surface area contributed by atoms with E-state index in [1.165, 1.54) is 0 Å². The van der Waals surface area contributed by atoms with E-state index in [2.05, 4.69) is 0 Å². The van der Waals surface area contributed by atoms with Gasteiger partial charge in [0.1, 0.15) is 0 Å². The van der Waals surface area contributed by atoms with Gasteiger partial charge in [-0.1, -0.05) is 0 Å². The van der Waals surface area contributed by atoms with Crippen molar-refractivity contribution < 1.29 is 249 Å². The van der Waals surface area contributed by atoms with Gasteiger partial charge >= 0.3 is 154 Å². The normalized spacial score (nSPS) is 3.81. The summed E-state index contributed by atoms with van der Waals surface area (Å²) in [6.07, 6.45) is 0. The summed E-state index contributed by atoms with van der Waals surface area (Å²) in [5.41, 5.74) is 0. The predicted molar refractivity (Wildman–Crippen MR) is 15.2 cm³/mol. The fourth-order valence-corrected chi connectivity index (χ4v) is 0. The molecular formula is F12Mn9O8P2. The summed E-state index contributed by atoms with van der Waals surface area (Å²) in [6.45, 7) is 0. The molecule has 0 aromatic carbocycles.